The average Bonchev–Trinajstić information content (AvgIpc) is 3.09. The van der Waals surface area contributed by atoms with Gasteiger partial charge in [-0.1, -0.05) is 15.9 Å². The Labute approximate surface area is 147 Å². The van der Waals surface area contributed by atoms with Crippen molar-refractivity contribution in [3.05, 3.63) is 40.1 Å². The molecular formula is C15H16BrN7O. The number of aryl methyl sites for hydroxylation is 2. The van der Waals surface area contributed by atoms with Gasteiger partial charge in [-0.05, 0) is 43.3 Å². The van der Waals surface area contributed by atoms with E-state index in [1.54, 1.807) is 4.68 Å². The van der Waals surface area contributed by atoms with Gasteiger partial charge in [0.1, 0.15) is 6.54 Å². The van der Waals surface area contributed by atoms with E-state index < -0.39 is 0 Å². The van der Waals surface area contributed by atoms with E-state index in [2.05, 4.69) is 41.8 Å². The maximum Gasteiger partial charge on any atom is 0.248 e. The maximum absolute atomic E-state index is 12.2. The van der Waals surface area contributed by atoms with Crippen LogP contribution in [0.5, 0.6) is 0 Å². The van der Waals surface area contributed by atoms with E-state index in [0.717, 1.165) is 27.1 Å². The first-order valence-corrected chi connectivity index (χ1v) is 8.07. The second-order valence-corrected chi connectivity index (χ2v) is 6.28. The molecule has 24 heavy (non-hydrogen) atoms. The number of hydrogen-bond donors (Lipinski definition) is 1. The molecule has 0 spiro atoms. The second-order valence-electron chi connectivity index (χ2n) is 5.37. The van der Waals surface area contributed by atoms with Gasteiger partial charge in [0.15, 0.2) is 0 Å². The van der Waals surface area contributed by atoms with Gasteiger partial charge in [0.25, 0.3) is 0 Å². The molecule has 0 aliphatic carbocycles. The molecule has 0 aliphatic rings. The quantitative estimate of drug-likeness (QED) is 0.737. The van der Waals surface area contributed by atoms with Gasteiger partial charge in [-0.2, -0.15) is 9.90 Å². The molecule has 0 aliphatic heterocycles. The molecule has 3 aromatic rings. The zero-order valence-electron chi connectivity index (χ0n) is 13.5. The molecule has 1 aromatic carbocycles. The molecule has 3 rings (SSSR count). The Hall–Kier alpha value is -2.55. The van der Waals surface area contributed by atoms with Crippen molar-refractivity contribution in [2.24, 2.45) is 7.05 Å². The van der Waals surface area contributed by atoms with Crippen LogP contribution < -0.4 is 5.32 Å². The van der Waals surface area contributed by atoms with Crippen molar-refractivity contribution in [3.63, 3.8) is 0 Å². The zero-order valence-corrected chi connectivity index (χ0v) is 15.1. The highest BCUT2D eigenvalue weighted by molar-refractivity contribution is 9.10. The number of anilines is 1. The first kappa shape index (κ1) is 16.3. The van der Waals surface area contributed by atoms with Crippen LogP contribution in [0.25, 0.3) is 11.4 Å². The van der Waals surface area contributed by atoms with Crippen molar-refractivity contribution in [1.29, 1.82) is 0 Å². The topological polar surface area (TPSA) is 90.5 Å². The summed E-state index contributed by atoms with van der Waals surface area (Å²) in [6.45, 7) is 3.73. The smallest absolute Gasteiger partial charge is 0.248 e. The normalized spacial score (nSPS) is 10.8. The average molecular weight is 390 g/mol. The third kappa shape index (κ3) is 3.35. The van der Waals surface area contributed by atoms with E-state index in [0.29, 0.717) is 5.82 Å². The number of hydrogen-bond acceptors (Lipinski definition) is 5. The van der Waals surface area contributed by atoms with E-state index >= 15 is 0 Å². The number of carbonyl (C=O) groups is 1. The monoisotopic (exact) mass is 389 g/mol. The van der Waals surface area contributed by atoms with Crippen molar-refractivity contribution in [2.75, 3.05) is 5.32 Å². The fraction of sp³-hybridized carbons (Fsp3) is 0.267. The Balaban J connectivity index is 1.70. The lowest BCUT2D eigenvalue weighted by atomic mass is 10.2. The number of nitrogens with one attached hydrogen (secondary N) is 1. The molecule has 1 N–H and O–H groups in total. The molecule has 9 heteroatoms. The van der Waals surface area contributed by atoms with Gasteiger partial charge in [-0.3, -0.25) is 9.48 Å². The van der Waals surface area contributed by atoms with Crippen molar-refractivity contribution >= 4 is 27.5 Å². The van der Waals surface area contributed by atoms with E-state index in [1.165, 1.54) is 4.80 Å². The summed E-state index contributed by atoms with van der Waals surface area (Å²) >= 11 is 3.38. The molecule has 0 atom stereocenters. The van der Waals surface area contributed by atoms with E-state index in [1.807, 2.05) is 45.2 Å². The first-order valence-electron chi connectivity index (χ1n) is 7.28. The number of rotatable bonds is 4. The fourth-order valence-electron chi connectivity index (χ4n) is 2.29. The molecular weight excluding hydrogens is 374 g/mol. The highest BCUT2D eigenvalue weighted by Crippen LogP contribution is 2.19. The molecule has 124 valence electrons. The minimum Gasteiger partial charge on any atom is -0.321 e. The van der Waals surface area contributed by atoms with Gasteiger partial charge in [0, 0.05) is 17.1 Å². The lowest BCUT2D eigenvalue weighted by molar-refractivity contribution is -0.117. The number of aromatic nitrogens is 6. The van der Waals surface area contributed by atoms with Crippen LogP contribution in [0.4, 0.5) is 5.69 Å². The molecule has 0 bridgehead atoms. The summed E-state index contributed by atoms with van der Waals surface area (Å²) in [5.41, 5.74) is 3.22. The molecule has 0 saturated carbocycles. The number of benzene rings is 1. The standard InChI is InChI=1S/C15H16BrN7O/c1-9-14(10(2)22(3)19-9)17-13(24)8-23-20-15(18-21-23)11-4-6-12(16)7-5-11/h4-7H,8H2,1-3H3,(H,17,24). The van der Waals surface area contributed by atoms with Gasteiger partial charge in [0.05, 0.1) is 17.1 Å². The van der Waals surface area contributed by atoms with Gasteiger partial charge >= 0.3 is 0 Å². The van der Waals surface area contributed by atoms with Crippen LogP contribution in [0.2, 0.25) is 0 Å². The maximum atomic E-state index is 12.2. The van der Waals surface area contributed by atoms with E-state index in [9.17, 15) is 4.79 Å². The Bertz CT molecular complexity index is 882. The van der Waals surface area contributed by atoms with Crippen molar-refractivity contribution in [1.82, 2.24) is 30.0 Å². The minimum absolute atomic E-state index is 0.0166. The third-order valence-electron chi connectivity index (χ3n) is 3.61. The third-order valence-corrected chi connectivity index (χ3v) is 4.14. The SMILES string of the molecule is Cc1nn(C)c(C)c1NC(=O)Cn1nnc(-c2ccc(Br)cc2)n1. The first-order chi connectivity index (χ1) is 11.4. The zero-order chi connectivity index (χ0) is 17.3. The molecule has 8 nitrogen and oxygen atoms in total. The van der Waals surface area contributed by atoms with Crippen LogP contribution in [-0.4, -0.2) is 35.9 Å². The summed E-state index contributed by atoms with van der Waals surface area (Å²) in [7, 11) is 1.83. The summed E-state index contributed by atoms with van der Waals surface area (Å²) in [6.07, 6.45) is 0. The minimum atomic E-state index is -0.228. The van der Waals surface area contributed by atoms with Crippen molar-refractivity contribution in [3.8, 4) is 11.4 Å². The Morgan fingerprint density at radius 1 is 1.21 bits per heavy atom. The Morgan fingerprint density at radius 3 is 2.54 bits per heavy atom. The number of tetrazole rings is 1. The predicted octanol–water partition coefficient (Wildman–Crippen LogP) is 2.09. The second kappa shape index (κ2) is 6.52. The Kier molecular flexibility index (Phi) is 4.43. The van der Waals surface area contributed by atoms with E-state index in [4.69, 9.17) is 0 Å². The van der Waals surface area contributed by atoms with Crippen molar-refractivity contribution in [2.45, 2.75) is 20.4 Å². The summed E-state index contributed by atoms with van der Waals surface area (Å²) in [4.78, 5) is 13.5. The summed E-state index contributed by atoms with van der Waals surface area (Å²) in [6, 6.07) is 7.56. The fourth-order valence-corrected chi connectivity index (χ4v) is 2.55. The van der Waals surface area contributed by atoms with Crippen molar-refractivity contribution < 1.29 is 4.79 Å². The lowest BCUT2D eigenvalue weighted by Gasteiger charge is -2.04. The number of nitrogens with zero attached hydrogens (tertiary/aromatic N) is 6. The van der Waals surface area contributed by atoms with Gasteiger partial charge in [-0.25, -0.2) is 0 Å². The van der Waals surface area contributed by atoms with Crippen LogP contribution in [0.1, 0.15) is 11.4 Å². The Morgan fingerprint density at radius 2 is 1.92 bits per heavy atom. The van der Waals surface area contributed by atoms with E-state index in [-0.39, 0.29) is 12.5 Å². The number of amides is 1. The summed E-state index contributed by atoms with van der Waals surface area (Å²) in [5, 5.41) is 19.3. The molecule has 2 heterocycles. The van der Waals surface area contributed by atoms with Crippen LogP contribution >= 0.6 is 15.9 Å². The van der Waals surface area contributed by atoms with Crippen LogP contribution in [-0.2, 0) is 18.4 Å². The van der Waals surface area contributed by atoms with Crippen LogP contribution in [0.15, 0.2) is 28.7 Å². The number of carbonyl (C=O) groups excluding carboxylic acids is 1. The molecule has 1 amide bonds. The highest BCUT2D eigenvalue weighted by atomic mass is 79.9. The predicted molar refractivity (Wildman–Crippen MR) is 92.3 cm³/mol. The summed E-state index contributed by atoms with van der Waals surface area (Å²) < 4.78 is 2.70. The molecule has 2 aromatic heterocycles. The van der Waals surface area contributed by atoms with Crippen LogP contribution in [0.3, 0.4) is 0 Å². The largest absolute Gasteiger partial charge is 0.321 e. The molecule has 0 fully saturated rings. The molecule has 0 unspecified atom stereocenters. The van der Waals surface area contributed by atoms with Gasteiger partial charge < -0.3 is 5.32 Å². The van der Waals surface area contributed by atoms with Crippen LogP contribution in [0, 0.1) is 13.8 Å². The van der Waals surface area contributed by atoms with Gasteiger partial charge in [-0.15, -0.1) is 10.2 Å². The molecule has 0 radical (unpaired) electrons. The number of halogens is 1. The lowest BCUT2D eigenvalue weighted by Crippen LogP contribution is -2.21. The highest BCUT2D eigenvalue weighted by Gasteiger charge is 2.14. The molecule has 0 saturated heterocycles. The van der Waals surface area contributed by atoms with Gasteiger partial charge in [0.2, 0.25) is 11.7 Å². The summed E-state index contributed by atoms with van der Waals surface area (Å²) in [5.74, 6) is 0.248.